The lowest BCUT2D eigenvalue weighted by Gasteiger charge is -2.05. The van der Waals surface area contributed by atoms with Gasteiger partial charge in [0.25, 0.3) is 5.69 Å². The van der Waals surface area contributed by atoms with E-state index < -0.39 is 0 Å². The maximum absolute atomic E-state index is 11.1. The van der Waals surface area contributed by atoms with Gasteiger partial charge in [0.15, 0.2) is 0 Å². The van der Waals surface area contributed by atoms with Crippen LogP contribution in [0.5, 0.6) is 0 Å². The van der Waals surface area contributed by atoms with Gasteiger partial charge in [0.05, 0.1) is 9.82 Å². The van der Waals surface area contributed by atoms with E-state index in [1.54, 1.807) is 6.07 Å². The minimum Gasteiger partial charge on any atom is -0.258 e. The fourth-order valence-electron chi connectivity index (χ4n) is 2.08. The number of hydrogen-bond acceptors (Lipinski definition) is 3. The molecule has 0 aliphatic heterocycles. The van der Waals surface area contributed by atoms with Crippen molar-refractivity contribution < 1.29 is 4.92 Å². The van der Waals surface area contributed by atoms with Gasteiger partial charge in [-0.3, -0.25) is 10.1 Å². The molecular weight excluding hydrogens is 350 g/mol. The molecule has 0 bridgehead atoms. The molecule has 0 amide bonds. The molecule has 104 valence electrons. The lowest BCUT2D eigenvalue weighted by atomic mass is 10.1. The smallest absolute Gasteiger partial charge is 0.258 e. The minimum atomic E-state index is -0.353. The summed E-state index contributed by atoms with van der Waals surface area (Å²) in [5.74, 6) is 0. The van der Waals surface area contributed by atoms with Crippen LogP contribution in [-0.2, 0) is 0 Å². The van der Waals surface area contributed by atoms with Gasteiger partial charge < -0.3 is 0 Å². The van der Waals surface area contributed by atoms with Gasteiger partial charge in [-0.05, 0) is 35.0 Å². The summed E-state index contributed by atoms with van der Waals surface area (Å²) in [4.78, 5) is 12.4. The maximum Gasteiger partial charge on any atom is 0.284 e. The summed E-state index contributed by atoms with van der Waals surface area (Å²) in [7, 11) is 0. The van der Waals surface area contributed by atoms with Crippen LogP contribution >= 0.6 is 27.7 Å². The van der Waals surface area contributed by atoms with Crippen LogP contribution in [0.2, 0.25) is 0 Å². The molecule has 3 aromatic carbocycles. The monoisotopic (exact) mass is 359 g/mol. The van der Waals surface area contributed by atoms with E-state index in [4.69, 9.17) is 0 Å². The molecule has 0 spiro atoms. The van der Waals surface area contributed by atoms with Gasteiger partial charge in [-0.2, -0.15) is 0 Å². The molecule has 0 radical (unpaired) electrons. The molecule has 0 atom stereocenters. The maximum atomic E-state index is 11.1. The van der Waals surface area contributed by atoms with Crippen LogP contribution in [0.4, 0.5) is 5.69 Å². The third-order valence-electron chi connectivity index (χ3n) is 3.07. The Morgan fingerprint density at radius 3 is 2.48 bits per heavy atom. The Bertz CT molecular complexity index is 835. The van der Waals surface area contributed by atoms with Crippen LogP contribution < -0.4 is 0 Å². The van der Waals surface area contributed by atoms with Crippen LogP contribution in [0.25, 0.3) is 10.8 Å². The van der Waals surface area contributed by atoms with E-state index in [2.05, 4.69) is 15.9 Å². The molecule has 0 fully saturated rings. The van der Waals surface area contributed by atoms with Gasteiger partial charge in [-0.15, -0.1) is 0 Å². The average Bonchev–Trinajstić information content (AvgIpc) is 2.49. The second-order valence-corrected chi connectivity index (χ2v) is 6.51. The summed E-state index contributed by atoms with van der Waals surface area (Å²) in [5.41, 5.74) is 0.113. The van der Waals surface area contributed by atoms with E-state index >= 15 is 0 Å². The Morgan fingerprint density at radius 2 is 1.71 bits per heavy atom. The average molecular weight is 360 g/mol. The number of nitrogens with zero attached hydrogens (tertiary/aromatic N) is 1. The van der Waals surface area contributed by atoms with Gasteiger partial charge in [-0.25, -0.2) is 0 Å². The van der Waals surface area contributed by atoms with Gasteiger partial charge in [0.1, 0.15) is 0 Å². The van der Waals surface area contributed by atoms with Gasteiger partial charge in [0.2, 0.25) is 0 Å². The van der Waals surface area contributed by atoms with E-state index in [1.807, 2.05) is 48.5 Å². The topological polar surface area (TPSA) is 43.1 Å². The lowest BCUT2D eigenvalue weighted by molar-refractivity contribution is -0.387. The zero-order valence-corrected chi connectivity index (χ0v) is 13.2. The summed E-state index contributed by atoms with van der Waals surface area (Å²) in [6.45, 7) is 0. The fourth-order valence-corrected chi connectivity index (χ4v) is 3.38. The highest BCUT2D eigenvalue weighted by molar-refractivity contribution is 9.10. The Labute approximate surface area is 134 Å². The number of nitro benzene ring substituents is 1. The van der Waals surface area contributed by atoms with E-state index in [1.165, 1.54) is 17.8 Å². The van der Waals surface area contributed by atoms with Gasteiger partial charge >= 0.3 is 0 Å². The van der Waals surface area contributed by atoms with Crippen LogP contribution in [0.1, 0.15) is 0 Å². The van der Waals surface area contributed by atoms with Crippen LogP contribution in [0.3, 0.4) is 0 Å². The number of halogens is 1. The largest absolute Gasteiger partial charge is 0.284 e. The molecule has 0 N–H and O–H groups in total. The van der Waals surface area contributed by atoms with Crippen LogP contribution in [0.15, 0.2) is 74.9 Å². The number of rotatable bonds is 3. The van der Waals surface area contributed by atoms with Gasteiger partial charge in [-0.1, -0.05) is 58.0 Å². The van der Waals surface area contributed by atoms with E-state index in [0.717, 1.165) is 15.7 Å². The molecule has 3 nitrogen and oxygen atoms in total. The van der Waals surface area contributed by atoms with Crippen molar-refractivity contribution in [2.45, 2.75) is 9.79 Å². The number of nitro groups is 1. The van der Waals surface area contributed by atoms with Crippen molar-refractivity contribution in [2.24, 2.45) is 0 Å². The van der Waals surface area contributed by atoms with Crippen LogP contribution in [0, 0.1) is 10.1 Å². The molecule has 0 saturated heterocycles. The van der Waals surface area contributed by atoms with Crippen molar-refractivity contribution in [3.63, 3.8) is 0 Å². The molecule has 0 heterocycles. The zero-order chi connectivity index (χ0) is 14.8. The van der Waals surface area contributed by atoms with Gasteiger partial charge in [0, 0.05) is 15.4 Å². The Balaban J connectivity index is 2.00. The Morgan fingerprint density at radius 1 is 0.952 bits per heavy atom. The molecule has 3 rings (SSSR count). The SMILES string of the molecule is O=[N+]([O-])c1cc(Br)ccc1Sc1ccc2ccccc2c1. The Hall–Kier alpha value is -1.85. The van der Waals surface area contributed by atoms with E-state index in [9.17, 15) is 10.1 Å². The molecular formula is C16H10BrNO2S. The predicted molar refractivity (Wildman–Crippen MR) is 88.9 cm³/mol. The first-order valence-corrected chi connectivity index (χ1v) is 7.85. The molecule has 5 heteroatoms. The highest BCUT2D eigenvalue weighted by Gasteiger charge is 2.15. The lowest BCUT2D eigenvalue weighted by Crippen LogP contribution is -1.90. The molecule has 0 aliphatic rings. The van der Waals surface area contributed by atoms with Crippen molar-refractivity contribution in [2.75, 3.05) is 0 Å². The standard InChI is InChI=1S/C16H10BrNO2S/c17-13-6-8-16(15(10-13)18(19)20)21-14-7-5-11-3-1-2-4-12(11)9-14/h1-10H. The highest BCUT2D eigenvalue weighted by atomic mass is 79.9. The second-order valence-electron chi connectivity index (χ2n) is 4.48. The van der Waals surface area contributed by atoms with E-state index in [0.29, 0.717) is 9.37 Å². The van der Waals surface area contributed by atoms with Crippen molar-refractivity contribution in [3.8, 4) is 0 Å². The third kappa shape index (κ3) is 3.09. The predicted octanol–water partition coefficient (Wildman–Crippen LogP) is 5.66. The normalized spacial score (nSPS) is 10.7. The number of fused-ring (bicyclic) bond motifs is 1. The molecule has 0 aromatic heterocycles. The summed E-state index contributed by atoms with van der Waals surface area (Å²) in [6, 6.07) is 19.2. The van der Waals surface area contributed by atoms with Crippen molar-refractivity contribution in [3.05, 3.63) is 75.3 Å². The Kier molecular flexibility index (Phi) is 3.94. The molecule has 3 aromatic rings. The van der Waals surface area contributed by atoms with E-state index in [-0.39, 0.29) is 10.6 Å². The van der Waals surface area contributed by atoms with Crippen molar-refractivity contribution >= 4 is 44.2 Å². The molecule has 0 unspecified atom stereocenters. The minimum absolute atomic E-state index is 0.113. The fraction of sp³-hybridized carbons (Fsp3) is 0. The zero-order valence-electron chi connectivity index (χ0n) is 10.8. The van der Waals surface area contributed by atoms with Crippen molar-refractivity contribution in [1.82, 2.24) is 0 Å². The van der Waals surface area contributed by atoms with Crippen LogP contribution in [-0.4, -0.2) is 4.92 Å². The molecule has 0 aliphatic carbocycles. The summed E-state index contributed by atoms with van der Waals surface area (Å²) >= 11 is 4.67. The first kappa shape index (κ1) is 14.1. The third-order valence-corrected chi connectivity index (χ3v) is 4.61. The highest BCUT2D eigenvalue weighted by Crippen LogP contribution is 2.37. The first-order chi connectivity index (χ1) is 10.1. The second kappa shape index (κ2) is 5.87. The quantitative estimate of drug-likeness (QED) is 0.447. The molecule has 0 saturated carbocycles. The number of hydrogen-bond donors (Lipinski definition) is 0. The summed E-state index contributed by atoms with van der Waals surface area (Å²) < 4.78 is 0.706. The van der Waals surface area contributed by atoms with Crippen molar-refractivity contribution in [1.29, 1.82) is 0 Å². The number of benzene rings is 3. The first-order valence-electron chi connectivity index (χ1n) is 6.24. The molecule has 21 heavy (non-hydrogen) atoms. The summed E-state index contributed by atoms with van der Waals surface area (Å²) in [6.07, 6.45) is 0. The summed E-state index contributed by atoms with van der Waals surface area (Å²) in [5, 5.41) is 13.4.